The lowest BCUT2D eigenvalue weighted by molar-refractivity contribution is 0.310. The van der Waals surface area contributed by atoms with Gasteiger partial charge in [-0.25, -0.2) is 4.98 Å². The van der Waals surface area contributed by atoms with Gasteiger partial charge in [0.15, 0.2) is 0 Å². The number of nitrogens with zero attached hydrogens (tertiary/aromatic N) is 1. The van der Waals surface area contributed by atoms with Crippen LogP contribution in [0.1, 0.15) is 5.56 Å². The molecule has 13 heavy (non-hydrogen) atoms. The molecule has 0 saturated carbocycles. The molecule has 0 aromatic carbocycles. The zero-order valence-electron chi connectivity index (χ0n) is 6.90. The van der Waals surface area contributed by atoms with Gasteiger partial charge >= 0.3 is 0 Å². The molecule has 0 unspecified atom stereocenters. The highest BCUT2D eigenvalue weighted by Crippen LogP contribution is 2.13. The highest BCUT2D eigenvalue weighted by atomic mass is 79.9. The smallest absolute Gasteiger partial charge is 0.264 e. The van der Waals surface area contributed by atoms with Gasteiger partial charge in [0, 0.05) is 11.8 Å². The zero-order chi connectivity index (χ0) is 9.90. The van der Waals surface area contributed by atoms with E-state index >= 15 is 0 Å². The van der Waals surface area contributed by atoms with Crippen molar-refractivity contribution in [3.05, 3.63) is 28.5 Å². The fraction of sp³-hybridized carbons (Fsp3) is 0.286. The van der Waals surface area contributed by atoms with Gasteiger partial charge in [-0.2, -0.15) is 8.42 Å². The number of hydrogen-bond acceptors (Lipinski definition) is 4. The summed E-state index contributed by atoms with van der Waals surface area (Å²) in [6.07, 6.45) is 2.62. The first-order chi connectivity index (χ1) is 5.99. The fourth-order valence-corrected chi connectivity index (χ4v) is 1.40. The first kappa shape index (κ1) is 10.6. The molecule has 72 valence electrons. The summed E-state index contributed by atoms with van der Waals surface area (Å²) in [5.41, 5.74) is 0.702. The van der Waals surface area contributed by atoms with Crippen LogP contribution in [0.3, 0.4) is 0 Å². The summed E-state index contributed by atoms with van der Waals surface area (Å²) in [5, 5.41) is 0. The summed E-state index contributed by atoms with van der Waals surface area (Å²) in [6, 6.07) is 3.45. The van der Waals surface area contributed by atoms with Gasteiger partial charge in [-0.15, -0.1) is 0 Å². The Bertz CT molecular complexity index is 390. The molecule has 6 heteroatoms. The molecule has 0 fully saturated rings. The van der Waals surface area contributed by atoms with Crippen molar-refractivity contribution in [2.45, 2.75) is 6.61 Å². The zero-order valence-corrected chi connectivity index (χ0v) is 9.30. The molecule has 0 spiro atoms. The van der Waals surface area contributed by atoms with Crippen molar-refractivity contribution in [3.8, 4) is 0 Å². The second-order valence-corrected chi connectivity index (χ2v) is 4.81. The lowest BCUT2D eigenvalue weighted by atomic mass is 10.3. The van der Waals surface area contributed by atoms with E-state index in [1.165, 1.54) is 0 Å². The highest BCUT2D eigenvalue weighted by Gasteiger charge is 2.05. The molecule has 0 aliphatic heterocycles. The second-order valence-electron chi connectivity index (χ2n) is 2.42. The number of aromatic nitrogens is 1. The van der Waals surface area contributed by atoms with Crippen LogP contribution in [-0.4, -0.2) is 19.7 Å². The molecule has 0 amide bonds. The highest BCUT2D eigenvalue weighted by molar-refractivity contribution is 9.10. The van der Waals surface area contributed by atoms with Crippen LogP contribution in [0.5, 0.6) is 0 Å². The van der Waals surface area contributed by atoms with Gasteiger partial charge in [-0.05, 0) is 22.0 Å². The SMILES string of the molecule is CS(=O)(=O)OCc1cccnc1Br. The van der Waals surface area contributed by atoms with Gasteiger partial charge in [0.1, 0.15) is 4.60 Å². The average molecular weight is 266 g/mol. The van der Waals surface area contributed by atoms with E-state index in [9.17, 15) is 8.42 Å². The van der Waals surface area contributed by atoms with Gasteiger partial charge in [-0.3, -0.25) is 4.18 Å². The van der Waals surface area contributed by atoms with Crippen molar-refractivity contribution >= 4 is 26.0 Å². The minimum Gasteiger partial charge on any atom is -0.265 e. The summed E-state index contributed by atoms with van der Waals surface area (Å²) >= 11 is 3.18. The Kier molecular flexibility index (Phi) is 3.40. The normalized spacial score (nSPS) is 11.5. The predicted octanol–water partition coefficient (Wildman–Crippen LogP) is 1.32. The van der Waals surface area contributed by atoms with E-state index in [0.717, 1.165) is 6.26 Å². The topological polar surface area (TPSA) is 56.3 Å². The minimum absolute atomic E-state index is 0.00720. The average Bonchev–Trinajstić information content (AvgIpc) is 2.01. The van der Waals surface area contributed by atoms with E-state index in [4.69, 9.17) is 0 Å². The maximum absolute atomic E-state index is 10.7. The summed E-state index contributed by atoms with van der Waals surface area (Å²) in [7, 11) is -3.39. The number of halogens is 1. The predicted molar refractivity (Wildman–Crippen MR) is 51.6 cm³/mol. The third kappa shape index (κ3) is 3.84. The molecule has 0 aliphatic rings. The lowest BCUT2D eigenvalue weighted by Crippen LogP contribution is -2.03. The van der Waals surface area contributed by atoms with Crippen molar-refractivity contribution in [2.75, 3.05) is 6.26 Å². The molecule has 0 N–H and O–H groups in total. The molecule has 1 rings (SSSR count). The second kappa shape index (κ2) is 4.17. The van der Waals surface area contributed by atoms with Crippen LogP contribution < -0.4 is 0 Å². The summed E-state index contributed by atoms with van der Waals surface area (Å²) in [6.45, 7) is 0.00720. The Balaban J connectivity index is 2.71. The quantitative estimate of drug-likeness (QED) is 0.611. The molecular formula is C7H8BrNO3S. The molecule has 0 atom stereocenters. The summed E-state index contributed by atoms with van der Waals surface area (Å²) in [5.74, 6) is 0. The van der Waals surface area contributed by atoms with Gasteiger partial charge in [-0.1, -0.05) is 6.07 Å². The standard InChI is InChI=1S/C7H8BrNO3S/c1-13(10,11)12-5-6-3-2-4-9-7(6)8/h2-4H,5H2,1H3. The van der Waals surface area contributed by atoms with Crippen LogP contribution in [0.2, 0.25) is 0 Å². The summed E-state index contributed by atoms with van der Waals surface area (Å²) in [4.78, 5) is 3.92. The molecule has 1 aromatic heterocycles. The minimum atomic E-state index is -3.39. The Morgan fingerprint density at radius 3 is 2.85 bits per heavy atom. The van der Waals surface area contributed by atoms with Gasteiger partial charge in [0.25, 0.3) is 10.1 Å². The molecule has 0 radical (unpaired) electrons. The molecular weight excluding hydrogens is 258 g/mol. The molecule has 0 saturated heterocycles. The number of pyridine rings is 1. The molecule has 0 aliphatic carbocycles. The third-order valence-electron chi connectivity index (χ3n) is 1.26. The van der Waals surface area contributed by atoms with Crippen molar-refractivity contribution in [1.29, 1.82) is 0 Å². The third-order valence-corrected chi connectivity index (χ3v) is 2.52. The van der Waals surface area contributed by atoms with Crippen molar-refractivity contribution < 1.29 is 12.6 Å². The Morgan fingerprint density at radius 2 is 2.31 bits per heavy atom. The van der Waals surface area contributed by atoms with Crippen LogP contribution in [0.25, 0.3) is 0 Å². The maximum Gasteiger partial charge on any atom is 0.264 e. The molecule has 1 heterocycles. The van der Waals surface area contributed by atoms with E-state index in [0.29, 0.717) is 10.2 Å². The van der Waals surface area contributed by atoms with Gasteiger partial charge in [0.2, 0.25) is 0 Å². The van der Waals surface area contributed by atoms with Gasteiger partial charge < -0.3 is 0 Å². The van der Waals surface area contributed by atoms with E-state index in [-0.39, 0.29) is 6.61 Å². The number of hydrogen-bond donors (Lipinski definition) is 0. The maximum atomic E-state index is 10.7. The van der Waals surface area contributed by atoms with E-state index in [1.54, 1.807) is 18.3 Å². The lowest BCUT2D eigenvalue weighted by Gasteiger charge is -2.02. The van der Waals surface area contributed by atoms with Crippen molar-refractivity contribution in [1.82, 2.24) is 4.98 Å². The van der Waals surface area contributed by atoms with Gasteiger partial charge in [0.05, 0.1) is 12.9 Å². The molecule has 1 aromatic rings. The van der Waals surface area contributed by atoms with E-state index < -0.39 is 10.1 Å². The van der Waals surface area contributed by atoms with Crippen LogP contribution in [0.15, 0.2) is 22.9 Å². The monoisotopic (exact) mass is 265 g/mol. The van der Waals surface area contributed by atoms with E-state index in [1.807, 2.05) is 0 Å². The molecule has 4 nitrogen and oxygen atoms in total. The van der Waals surface area contributed by atoms with Crippen LogP contribution in [-0.2, 0) is 20.9 Å². The fourth-order valence-electron chi connectivity index (χ4n) is 0.698. The van der Waals surface area contributed by atoms with Crippen LogP contribution >= 0.6 is 15.9 Å². The molecule has 0 bridgehead atoms. The first-order valence-corrected chi connectivity index (χ1v) is 6.04. The van der Waals surface area contributed by atoms with Crippen molar-refractivity contribution in [3.63, 3.8) is 0 Å². The first-order valence-electron chi connectivity index (χ1n) is 3.43. The summed E-state index contributed by atoms with van der Waals surface area (Å²) < 4.78 is 26.5. The Labute approximate surface area is 85.2 Å². The Morgan fingerprint density at radius 1 is 1.62 bits per heavy atom. The number of rotatable bonds is 3. The largest absolute Gasteiger partial charge is 0.265 e. The van der Waals surface area contributed by atoms with Crippen LogP contribution in [0.4, 0.5) is 0 Å². The van der Waals surface area contributed by atoms with E-state index in [2.05, 4.69) is 25.1 Å². The Hall–Kier alpha value is -0.460. The van der Waals surface area contributed by atoms with Crippen LogP contribution in [0, 0.1) is 0 Å². The van der Waals surface area contributed by atoms with Crippen molar-refractivity contribution in [2.24, 2.45) is 0 Å².